The van der Waals surface area contributed by atoms with Gasteiger partial charge in [-0.2, -0.15) is 0 Å². The molecule has 0 aromatic rings. The Morgan fingerprint density at radius 3 is 1.54 bits per heavy atom. The number of aliphatic hydroxyl groups is 2. The second kappa shape index (κ2) is 17.9. The van der Waals surface area contributed by atoms with Crippen molar-refractivity contribution in [2.45, 2.75) is 109 Å². The van der Waals surface area contributed by atoms with Crippen LogP contribution in [0.1, 0.15) is 96.8 Å². The highest BCUT2D eigenvalue weighted by Crippen LogP contribution is 2.18. The van der Waals surface area contributed by atoms with Crippen molar-refractivity contribution < 1.29 is 14.6 Å². The lowest BCUT2D eigenvalue weighted by molar-refractivity contribution is 0.0886. The van der Waals surface area contributed by atoms with Crippen LogP contribution in [0.25, 0.3) is 0 Å². The van der Waals surface area contributed by atoms with E-state index in [0.717, 1.165) is 12.8 Å². The van der Waals surface area contributed by atoms with Crippen molar-refractivity contribution in [3.8, 4) is 0 Å². The van der Waals surface area contributed by atoms with Gasteiger partial charge in [0.2, 0.25) is 0 Å². The van der Waals surface area contributed by atoms with Crippen molar-refractivity contribution in [2.75, 3.05) is 13.2 Å². The molecule has 0 bridgehead atoms. The van der Waals surface area contributed by atoms with E-state index in [1.165, 1.54) is 64.2 Å². The maximum absolute atomic E-state index is 13.8. The third-order valence-electron chi connectivity index (χ3n) is 4.63. The van der Waals surface area contributed by atoms with Crippen LogP contribution in [0.3, 0.4) is 0 Å². The molecule has 0 aromatic heterocycles. The summed E-state index contributed by atoms with van der Waals surface area (Å²) in [6.07, 6.45) is 14.7. The molecule has 0 saturated carbocycles. The van der Waals surface area contributed by atoms with Gasteiger partial charge in [0.1, 0.15) is 6.17 Å². The highest BCUT2D eigenvalue weighted by atomic mass is 35.5. The minimum Gasteiger partial charge on any atom is -0.394 e. The van der Waals surface area contributed by atoms with Crippen molar-refractivity contribution in [2.24, 2.45) is 5.73 Å². The van der Waals surface area contributed by atoms with Crippen molar-refractivity contribution >= 4 is 12.4 Å². The van der Waals surface area contributed by atoms with E-state index in [2.05, 4.69) is 6.92 Å². The Labute approximate surface area is 155 Å². The fourth-order valence-corrected chi connectivity index (χ4v) is 2.93. The number of alkyl halides is 1. The molecule has 0 saturated heterocycles. The molecule has 0 aliphatic rings. The number of nitrogens with two attached hydrogens (primary N) is 1. The van der Waals surface area contributed by atoms with Crippen LogP contribution >= 0.6 is 12.4 Å². The van der Waals surface area contributed by atoms with E-state index in [1.54, 1.807) is 0 Å². The standard InChI is InChI=1S/C19H40FNO2.ClH/c1-2-3-4-5-6-7-8-9-10-11-12-13-14-18(20)15-19(21,16-22)17-23;/h18,22-23H,2-17,21H2,1H3;1H. The Hall–Kier alpha value is 0.1000. The van der Waals surface area contributed by atoms with Gasteiger partial charge in [0.25, 0.3) is 0 Å². The van der Waals surface area contributed by atoms with Crippen molar-refractivity contribution in [1.82, 2.24) is 0 Å². The van der Waals surface area contributed by atoms with Crippen molar-refractivity contribution in [1.29, 1.82) is 0 Å². The largest absolute Gasteiger partial charge is 0.394 e. The van der Waals surface area contributed by atoms with Gasteiger partial charge in [0.15, 0.2) is 0 Å². The normalized spacial score (nSPS) is 12.9. The zero-order valence-electron chi connectivity index (χ0n) is 15.6. The molecule has 5 heteroatoms. The van der Waals surface area contributed by atoms with Crippen LogP contribution < -0.4 is 5.73 Å². The Balaban J connectivity index is 0. The van der Waals surface area contributed by atoms with Gasteiger partial charge in [-0.05, 0) is 6.42 Å². The molecule has 24 heavy (non-hydrogen) atoms. The first-order chi connectivity index (χ1) is 11.1. The summed E-state index contributed by atoms with van der Waals surface area (Å²) in [5.74, 6) is 0. The molecular formula is C19H41ClFNO2. The van der Waals surface area contributed by atoms with Crippen LogP contribution in [0.2, 0.25) is 0 Å². The zero-order valence-corrected chi connectivity index (χ0v) is 16.5. The maximum atomic E-state index is 13.8. The highest BCUT2D eigenvalue weighted by Gasteiger charge is 2.27. The molecule has 0 spiro atoms. The van der Waals surface area contributed by atoms with E-state index in [4.69, 9.17) is 15.9 Å². The van der Waals surface area contributed by atoms with Crippen molar-refractivity contribution in [3.63, 3.8) is 0 Å². The van der Waals surface area contributed by atoms with Gasteiger partial charge < -0.3 is 15.9 Å². The van der Waals surface area contributed by atoms with Crippen LogP contribution in [0, 0.1) is 0 Å². The van der Waals surface area contributed by atoms with Gasteiger partial charge in [-0.1, -0.05) is 84.0 Å². The topological polar surface area (TPSA) is 66.5 Å². The molecule has 0 aromatic carbocycles. The van der Waals surface area contributed by atoms with Gasteiger partial charge in [0.05, 0.1) is 18.8 Å². The van der Waals surface area contributed by atoms with E-state index in [0.29, 0.717) is 6.42 Å². The summed E-state index contributed by atoms with van der Waals surface area (Å²) >= 11 is 0. The first-order valence-electron chi connectivity index (χ1n) is 9.72. The molecule has 0 heterocycles. The molecule has 148 valence electrons. The van der Waals surface area contributed by atoms with Gasteiger partial charge >= 0.3 is 0 Å². The lowest BCUT2D eigenvalue weighted by atomic mass is 9.93. The SMILES string of the molecule is CCCCCCCCCCCCCCC(F)CC(N)(CO)CO.Cl. The summed E-state index contributed by atoms with van der Waals surface area (Å²) < 4.78 is 13.8. The number of hydrogen-bond acceptors (Lipinski definition) is 3. The summed E-state index contributed by atoms with van der Waals surface area (Å²) in [6, 6.07) is 0. The van der Waals surface area contributed by atoms with Crippen LogP contribution in [-0.4, -0.2) is 35.1 Å². The van der Waals surface area contributed by atoms with E-state index < -0.39 is 11.7 Å². The van der Waals surface area contributed by atoms with E-state index in [1.807, 2.05) is 0 Å². The first kappa shape index (κ1) is 26.3. The Morgan fingerprint density at radius 2 is 1.17 bits per heavy atom. The molecule has 1 unspecified atom stereocenters. The molecule has 1 atom stereocenters. The Kier molecular flexibility index (Phi) is 19.6. The monoisotopic (exact) mass is 369 g/mol. The molecule has 4 N–H and O–H groups in total. The second-order valence-corrected chi connectivity index (χ2v) is 7.16. The molecule has 0 fully saturated rings. The molecule has 0 aliphatic heterocycles. The molecule has 0 radical (unpaired) electrons. The van der Waals surface area contributed by atoms with Crippen molar-refractivity contribution in [3.05, 3.63) is 0 Å². The van der Waals surface area contributed by atoms with Crippen LogP contribution in [0.5, 0.6) is 0 Å². The fraction of sp³-hybridized carbons (Fsp3) is 1.00. The molecular weight excluding hydrogens is 329 g/mol. The van der Waals surface area contributed by atoms with Gasteiger partial charge in [-0.25, -0.2) is 4.39 Å². The van der Waals surface area contributed by atoms with Gasteiger partial charge in [-0.3, -0.25) is 0 Å². The second-order valence-electron chi connectivity index (χ2n) is 7.16. The predicted molar refractivity (Wildman–Crippen MR) is 104 cm³/mol. The van der Waals surface area contributed by atoms with Crippen LogP contribution in [-0.2, 0) is 0 Å². The fourth-order valence-electron chi connectivity index (χ4n) is 2.93. The quantitative estimate of drug-likeness (QED) is 0.319. The van der Waals surface area contributed by atoms with E-state index in [9.17, 15) is 4.39 Å². The minimum atomic E-state index is -1.17. The molecule has 3 nitrogen and oxygen atoms in total. The number of aliphatic hydroxyl groups excluding tert-OH is 2. The van der Waals surface area contributed by atoms with E-state index in [-0.39, 0.29) is 32.0 Å². The summed E-state index contributed by atoms with van der Waals surface area (Å²) in [4.78, 5) is 0. The number of rotatable bonds is 17. The summed E-state index contributed by atoms with van der Waals surface area (Å²) in [6.45, 7) is 1.50. The third-order valence-corrected chi connectivity index (χ3v) is 4.63. The van der Waals surface area contributed by atoms with Crippen LogP contribution in [0.15, 0.2) is 0 Å². The molecule has 0 rings (SSSR count). The smallest absolute Gasteiger partial charge is 0.102 e. The maximum Gasteiger partial charge on any atom is 0.102 e. The predicted octanol–water partition coefficient (Wildman–Crippen LogP) is 4.91. The molecule has 0 amide bonds. The third kappa shape index (κ3) is 15.6. The lowest BCUT2D eigenvalue weighted by Crippen LogP contribution is -2.49. The van der Waals surface area contributed by atoms with E-state index >= 15 is 0 Å². The van der Waals surface area contributed by atoms with Gasteiger partial charge in [0, 0.05) is 6.42 Å². The lowest BCUT2D eigenvalue weighted by Gasteiger charge is -2.26. The number of halogens is 2. The number of unbranched alkanes of at least 4 members (excludes halogenated alkanes) is 11. The summed E-state index contributed by atoms with van der Waals surface area (Å²) in [7, 11) is 0. The average molecular weight is 370 g/mol. The Bertz CT molecular complexity index is 254. The molecule has 0 aliphatic carbocycles. The van der Waals surface area contributed by atoms with Crippen LogP contribution in [0.4, 0.5) is 4.39 Å². The number of hydrogen-bond donors (Lipinski definition) is 3. The zero-order chi connectivity index (χ0) is 17.4. The summed E-state index contributed by atoms with van der Waals surface area (Å²) in [5, 5.41) is 18.1. The average Bonchev–Trinajstić information content (AvgIpc) is 2.55. The van der Waals surface area contributed by atoms with Gasteiger partial charge in [-0.15, -0.1) is 12.4 Å². The highest BCUT2D eigenvalue weighted by molar-refractivity contribution is 5.85. The summed E-state index contributed by atoms with van der Waals surface area (Å²) in [5.41, 5.74) is 4.52. The first-order valence-corrected chi connectivity index (χ1v) is 9.72. The minimum absolute atomic E-state index is 0. The Morgan fingerprint density at radius 1 is 0.792 bits per heavy atom.